The maximum Gasteiger partial charge on any atom is 0.256 e. The van der Waals surface area contributed by atoms with Crippen LogP contribution in [0.4, 0.5) is 5.69 Å². The van der Waals surface area contributed by atoms with E-state index in [1.54, 1.807) is 18.9 Å². The van der Waals surface area contributed by atoms with Gasteiger partial charge in [-0.3, -0.25) is 9.59 Å². The van der Waals surface area contributed by atoms with Crippen LogP contribution in [0.1, 0.15) is 34.0 Å². The van der Waals surface area contributed by atoms with Crippen LogP contribution in [-0.4, -0.2) is 30.6 Å². The van der Waals surface area contributed by atoms with Crippen molar-refractivity contribution in [2.24, 2.45) is 0 Å². The van der Waals surface area contributed by atoms with E-state index in [0.29, 0.717) is 24.3 Å². The van der Waals surface area contributed by atoms with Crippen molar-refractivity contribution in [1.82, 2.24) is 10.5 Å². The van der Waals surface area contributed by atoms with Crippen molar-refractivity contribution in [3.63, 3.8) is 0 Å². The van der Waals surface area contributed by atoms with Gasteiger partial charge in [0, 0.05) is 31.6 Å². The van der Waals surface area contributed by atoms with Gasteiger partial charge in [0.2, 0.25) is 5.91 Å². The number of fused-ring (bicyclic) bond motifs is 1. The zero-order chi connectivity index (χ0) is 15.7. The first kappa shape index (κ1) is 14.3. The van der Waals surface area contributed by atoms with Crippen LogP contribution in [0.3, 0.4) is 0 Å². The third-order valence-corrected chi connectivity index (χ3v) is 4.04. The number of benzene rings is 1. The van der Waals surface area contributed by atoms with E-state index >= 15 is 0 Å². The molecule has 1 aromatic heterocycles. The lowest BCUT2D eigenvalue weighted by molar-refractivity contribution is -0.119. The lowest BCUT2D eigenvalue weighted by atomic mass is 9.89. The summed E-state index contributed by atoms with van der Waals surface area (Å²) in [6.45, 7) is 2.09. The van der Waals surface area contributed by atoms with Crippen LogP contribution in [0.25, 0.3) is 0 Å². The van der Waals surface area contributed by atoms with Crippen LogP contribution < -0.4 is 10.2 Å². The number of hydrogen-bond acceptors (Lipinski definition) is 4. The van der Waals surface area contributed by atoms with Gasteiger partial charge >= 0.3 is 0 Å². The van der Waals surface area contributed by atoms with Crippen molar-refractivity contribution in [1.29, 1.82) is 0 Å². The highest BCUT2D eigenvalue weighted by Gasteiger charge is 2.29. The third kappa shape index (κ3) is 2.47. The Hall–Kier alpha value is -2.63. The fourth-order valence-electron chi connectivity index (χ4n) is 2.74. The van der Waals surface area contributed by atoms with E-state index in [0.717, 1.165) is 11.3 Å². The predicted octanol–water partition coefficient (Wildman–Crippen LogP) is 1.86. The molecule has 1 atom stereocenters. The molecule has 0 radical (unpaired) electrons. The van der Waals surface area contributed by atoms with Gasteiger partial charge in [0.1, 0.15) is 11.3 Å². The van der Waals surface area contributed by atoms with Gasteiger partial charge in [-0.25, -0.2) is 0 Å². The summed E-state index contributed by atoms with van der Waals surface area (Å²) in [6.07, 6.45) is 1.79. The second-order valence-corrected chi connectivity index (χ2v) is 5.42. The Labute approximate surface area is 128 Å². The molecular formula is C16H17N3O3. The zero-order valence-corrected chi connectivity index (χ0v) is 12.5. The lowest BCUT2D eigenvalue weighted by Gasteiger charge is -2.31. The second-order valence-electron chi connectivity index (χ2n) is 5.42. The molecule has 1 aliphatic rings. The van der Waals surface area contributed by atoms with Crippen LogP contribution in [0.15, 0.2) is 35.0 Å². The van der Waals surface area contributed by atoms with E-state index in [-0.39, 0.29) is 17.7 Å². The van der Waals surface area contributed by atoms with Gasteiger partial charge in [-0.1, -0.05) is 23.4 Å². The zero-order valence-electron chi connectivity index (χ0n) is 12.5. The van der Waals surface area contributed by atoms with Crippen molar-refractivity contribution < 1.29 is 14.1 Å². The number of nitrogens with one attached hydrogen (secondary N) is 1. The Morgan fingerprint density at radius 1 is 1.45 bits per heavy atom. The quantitative estimate of drug-likeness (QED) is 0.938. The van der Waals surface area contributed by atoms with Gasteiger partial charge in [0.05, 0.1) is 6.20 Å². The first-order valence-electron chi connectivity index (χ1n) is 7.13. The average molecular weight is 299 g/mol. The summed E-state index contributed by atoms with van der Waals surface area (Å²) in [5.74, 6) is 0.281. The molecule has 3 rings (SSSR count). The highest BCUT2D eigenvalue weighted by atomic mass is 16.5. The number of anilines is 1. The number of aryl methyl sites for hydroxylation is 1. The number of para-hydroxylation sites is 1. The Balaban J connectivity index is 1.76. The van der Waals surface area contributed by atoms with Crippen molar-refractivity contribution in [3.8, 4) is 0 Å². The van der Waals surface area contributed by atoms with E-state index in [2.05, 4.69) is 10.5 Å². The molecule has 0 unspecified atom stereocenters. The first-order chi connectivity index (χ1) is 10.6. The van der Waals surface area contributed by atoms with Gasteiger partial charge < -0.3 is 14.7 Å². The Morgan fingerprint density at radius 2 is 2.23 bits per heavy atom. The number of carbonyl (C=O) groups excluding carboxylic acids is 2. The van der Waals surface area contributed by atoms with Crippen molar-refractivity contribution >= 4 is 17.5 Å². The number of nitrogens with zero attached hydrogens (tertiary/aromatic N) is 2. The van der Waals surface area contributed by atoms with Crippen LogP contribution in [0.2, 0.25) is 0 Å². The summed E-state index contributed by atoms with van der Waals surface area (Å²) < 4.78 is 4.89. The lowest BCUT2D eigenvalue weighted by Crippen LogP contribution is -2.37. The standard InChI is InChI=1S/C16H17N3O3/c1-10-13(9-18-22-10)16(21)17-8-11-7-15(20)19(2)14-6-4-3-5-12(11)14/h3-6,9,11H,7-8H2,1-2H3,(H,17,21)/t11-/m1/s1. The van der Waals surface area contributed by atoms with Crippen LogP contribution in [-0.2, 0) is 4.79 Å². The van der Waals surface area contributed by atoms with Gasteiger partial charge in [-0.15, -0.1) is 0 Å². The second kappa shape index (κ2) is 5.63. The number of amides is 2. The number of hydrogen-bond donors (Lipinski definition) is 1. The summed E-state index contributed by atoms with van der Waals surface area (Å²) in [6, 6.07) is 7.77. The summed E-state index contributed by atoms with van der Waals surface area (Å²) in [4.78, 5) is 25.9. The summed E-state index contributed by atoms with van der Waals surface area (Å²) in [7, 11) is 1.77. The van der Waals surface area contributed by atoms with Crippen molar-refractivity contribution in [3.05, 3.63) is 47.3 Å². The normalized spacial score (nSPS) is 17.3. The smallest absolute Gasteiger partial charge is 0.256 e. The molecule has 1 aliphatic heterocycles. The molecule has 1 N–H and O–H groups in total. The number of aromatic nitrogens is 1. The molecule has 6 nitrogen and oxygen atoms in total. The van der Waals surface area contributed by atoms with Crippen LogP contribution in [0, 0.1) is 6.92 Å². The van der Waals surface area contributed by atoms with Crippen molar-refractivity contribution in [2.75, 3.05) is 18.5 Å². The van der Waals surface area contributed by atoms with E-state index < -0.39 is 0 Å². The molecule has 0 aliphatic carbocycles. The molecular weight excluding hydrogens is 282 g/mol. The predicted molar refractivity (Wildman–Crippen MR) is 80.8 cm³/mol. The van der Waals surface area contributed by atoms with Crippen molar-refractivity contribution in [2.45, 2.75) is 19.3 Å². The van der Waals surface area contributed by atoms with Gasteiger partial charge in [-0.2, -0.15) is 0 Å². The summed E-state index contributed by atoms with van der Waals surface area (Å²) in [5.41, 5.74) is 2.40. The fraction of sp³-hybridized carbons (Fsp3) is 0.312. The number of rotatable bonds is 3. The molecule has 0 fully saturated rings. The maximum absolute atomic E-state index is 12.1. The Morgan fingerprint density at radius 3 is 2.95 bits per heavy atom. The van der Waals surface area contributed by atoms with Crippen LogP contribution in [0.5, 0.6) is 0 Å². The minimum atomic E-state index is -0.234. The monoisotopic (exact) mass is 299 g/mol. The fourth-order valence-corrected chi connectivity index (χ4v) is 2.74. The summed E-state index contributed by atoms with van der Waals surface area (Å²) in [5, 5.41) is 6.46. The van der Waals surface area contributed by atoms with Crippen LogP contribution >= 0.6 is 0 Å². The van der Waals surface area contributed by atoms with E-state index in [1.165, 1.54) is 6.20 Å². The van der Waals surface area contributed by atoms with E-state index in [1.807, 2.05) is 24.3 Å². The highest BCUT2D eigenvalue weighted by Crippen LogP contribution is 2.34. The minimum Gasteiger partial charge on any atom is -0.361 e. The van der Waals surface area contributed by atoms with E-state index in [9.17, 15) is 9.59 Å². The number of carbonyl (C=O) groups is 2. The Bertz CT molecular complexity index is 723. The van der Waals surface area contributed by atoms with Gasteiger partial charge in [0.25, 0.3) is 5.91 Å². The minimum absolute atomic E-state index is 0.0241. The molecule has 0 saturated carbocycles. The average Bonchev–Trinajstić information content (AvgIpc) is 2.95. The molecule has 114 valence electrons. The molecule has 2 aromatic rings. The largest absolute Gasteiger partial charge is 0.361 e. The molecule has 22 heavy (non-hydrogen) atoms. The van der Waals surface area contributed by atoms with E-state index in [4.69, 9.17) is 4.52 Å². The molecule has 6 heteroatoms. The molecule has 1 aromatic carbocycles. The highest BCUT2D eigenvalue weighted by molar-refractivity contribution is 5.97. The SMILES string of the molecule is Cc1oncc1C(=O)NC[C@H]1CC(=O)N(C)c2ccccc21. The molecule has 0 spiro atoms. The molecule has 2 amide bonds. The maximum atomic E-state index is 12.1. The third-order valence-electron chi connectivity index (χ3n) is 4.04. The Kier molecular flexibility index (Phi) is 3.66. The topological polar surface area (TPSA) is 75.4 Å². The van der Waals surface area contributed by atoms with Gasteiger partial charge in [0.15, 0.2) is 0 Å². The molecule has 2 heterocycles. The molecule has 0 saturated heterocycles. The molecule has 0 bridgehead atoms. The first-order valence-corrected chi connectivity index (χ1v) is 7.13. The van der Waals surface area contributed by atoms with Gasteiger partial charge in [-0.05, 0) is 18.6 Å². The summed E-state index contributed by atoms with van der Waals surface area (Å²) >= 11 is 0.